The molecule has 0 aliphatic carbocycles. The lowest BCUT2D eigenvalue weighted by Crippen LogP contribution is -2.49. The Balaban J connectivity index is 1.19. The minimum absolute atomic E-state index is 0.295. The Labute approximate surface area is 190 Å². The van der Waals surface area contributed by atoms with E-state index in [2.05, 4.69) is 46.2 Å². The molecule has 1 unspecified atom stereocenters. The van der Waals surface area contributed by atoms with Crippen molar-refractivity contribution in [3.63, 3.8) is 0 Å². The van der Waals surface area contributed by atoms with Crippen molar-refractivity contribution in [2.45, 2.75) is 13.0 Å². The number of benzene rings is 3. The van der Waals surface area contributed by atoms with Crippen LogP contribution in [-0.4, -0.2) is 62.0 Å². The SMILES string of the molecule is CCOc1ccc(N2CCN(CC(O)COc3ccc(-c4ccccc4)cc3)CC2)cc1. The fraction of sp³-hybridized carbons (Fsp3) is 0.333. The molecule has 3 aromatic rings. The molecule has 1 aliphatic heterocycles. The predicted molar refractivity (Wildman–Crippen MR) is 130 cm³/mol. The first-order valence-electron chi connectivity index (χ1n) is 11.4. The highest BCUT2D eigenvalue weighted by Gasteiger charge is 2.20. The van der Waals surface area contributed by atoms with Gasteiger partial charge in [0.05, 0.1) is 6.61 Å². The molecule has 1 atom stereocenters. The molecule has 3 aromatic carbocycles. The van der Waals surface area contributed by atoms with Gasteiger partial charge in [-0.15, -0.1) is 0 Å². The Hall–Kier alpha value is -3.02. The normalized spacial score (nSPS) is 15.4. The Morgan fingerprint density at radius 3 is 2.00 bits per heavy atom. The van der Waals surface area contributed by atoms with E-state index in [-0.39, 0.29) is 0 Å². The second-order valence-corrected chi connectivity index (χ2v) is 8.07. The number of rotatable bonds is 9. The predicted octanol–water partition coefficient (Wildman–Crippen LogP) is 4.31. The highest BCUT2D eigenvalue weighted by atomic mass is 16.5. The quantitative estimate of drug-likeness (QED) is 0.546. The zero-order chi connectivity index (χ0) is 22.2. The van der Waals surface area contributed by atoms with Crippen molar-refractivity contribution in [1.82, 2.24) is 4.90 Å². The number of nitrogens with zero attached hydrogens (tertiary/aromatic N) is 2. The lowest BCUT2D eigenvalue weighted by molar-refractivity contribution is 0.0663. The maximum absolute atomic E-state index is 10.5. The van der Waals surface area contributed by atoms with E-state index >= 15 is 0 Å². The van der Waals surface area contributed by atoms with E-state index in [0.717, 1.165) is 43.2 Å². The molecular formula is C27H32N2O3. The third-order valence-corrected chi connectivity index (χ3v) is 5.76. The molecule has 168 valence electrons. The van der Waals surface area contributed by atoms with Gasteiger partial charge in [0.1, 0.15) is 24.2 Å². The van der Waals surface area contributed by atoms with Crippen molar-refractivity contribution in [3.8, 4) is 22.6 Å². The van der Waals surface area contributed by atoms with Gasteiger partial charge in [0.25, 0.3) is 0 Å². The van der Waals surface area contributed by atoms with Gasteiger partial charge < -0.3 is 19.5 Å². The van der Waals surface area contributed by atoms with Gasteiger partial charge in [0.2, 0.25) is 0 Å². The van der Waals surface area contributed by atoms with Crippen LogP contribution in [0.25, 0.3) is 11.1 Å². The molecule has 0 radical (unpaired) electrons. The summed E-state index contributed by atoms with van der Waals surface area (Å²) in [7, 11) is 0. The van der Waals surface area contributed by atoms with E-state index in [1.807, 2.05) is 49.4 Å². The van der Waals surface area contributed by atoms with E-state index in [1.54, 1.807) is 0 Å². The third-order valence-electron chi connectivity index (χ3n) is 5.76. The molecule has 1 aliphatic rings. The molecule has 1 N–H and O–H groups in total. The zero-order valence-corrected chi connectivity index (χ0v) is 18.7. The van der Waals surface area contributed by atoms with Crippen LogP contribution in [0.15, 0.2) is 78.9 Å². The molecule has 0 aromatic heterocycles. The van der Waals surface area contributed by atoms with Crippen molar-refractivity contribution in [2.24, 2.45) is 0 Å². The van der Waals surface area contributed by atoms with Crippen LogP contribution in [0.2, 0.25) is 0 Å². The van der Waals surface area contributed by atoms with E-state index in [0.29, 0.717) is 19.8 Å². The molecular weight excluding hydrogens is 400 g/mol. The number of aliphatic hydroxyl groups excluding tert-OH is 1. The monoisotopic (exact) mass is 432 g/mol. The number of piperazine rings is 1. The molecule has 1 heterocycles. The average Bonchev–Trinajstić information content (AvgIpc) is 2.85. The van der Waals surface area contributed by atoms with Crippen molar-refractivity contribution in [3.05, 3.63) is 78.9 Å². The van der Waals surface area contributed by atoms with E-state index in [4.69, 9.17) is 9.47 Å². The Morgan fingerprint density at radius 2 is 1.34 bits per heavy atom. The highest BCUT2D eigenvalue weighted by Crippen LogP contribution is 2.23. The smallest absolute Gasteiger partial charge is 0.119 e. The second-order valence-electron chi connectivity index (χ2n) is 8.07. The van der Waals surface area contributed by atoms with Crippen molar-refractivity contribution < 1.29 is 14.6 Å². The summed E-state index contributed by atoms with van der Waals surface area (Å²) in [4.78, 5) is 4.68. The lowest BCUT2D eigenvalue weighted by atomic mass is 10.1. The molecule has 5 nitrogen and oxygen atoms in total. The molecule has 0 spiro atoms. The highest BCUT2D eigenvalue weighted by molar-refractivity contribution is 5.63. The van der Waals surface area contributed by atoms with Gasteiger partial charge in [-0.3, -0.25) is 4.90 Å². The molecule has 1 fully saturated rings. The standard InChI is InChI=1S/C27H32N2O3/c1-2-31-26-14-10-24(11-15-26)29-18-16-28(17-19-29)20-25(30)21-32-27-12-8-23(9-13-27)22-6-4-3-5-7-22/h3-15,25,30H,2,16-21H2,1H3. The first-order valence-corrected chi connectivity index (χ1v) is 11.4. The summed E-state index contributed by atoms with van der Waals surface area (Å²) in [6.07, 6.45) is -0.513. The van der Waals surface area contributed by atoms with Crippen LogP contribution < -0.4 is 14.4 Å². The van der Waals surface area contributed by atoms with Gasteiger partial charge in [0.15, 0.2) is 0 Å². The van der Waals surface area contributed by atoms with Gasteiger partial charge in [-0.1, -0.05) is 42.5 Å². The zero-order valence-electron chi connectivity index (χ0n) is 18.7. The number of ether oxygens (including phenoxy) is 2. The van der Waals surface area contributed by atoms with Crippen LogP contribution in [0.1, 0.15) is 6.92 Å². The van der Waals surface area contributed by atoms with Crippen LogP contribution in [0.4, 0.5) is 5.69 Å². The third kappa shape index (κ3) is 6.02. The van der Waals surface area contributed by atoms with E-state index < -0.39 is 6.10 Å². The Bertz CT molecular complexity index is 937. The maximum atomic E-state index is 10.5. The minimum atomic E-state index is -0.513. The van der Waals surface area contributed by atoms with Crippen LogP contribution in [0.3, 0.4) is 0 Å². The molecule has 1 saturated heterocycles. The first kappa shape index (κ1) is 22.2. The summed E-state index contributed by atoms with van der Waals surface area (Å²) in [5.74, 6) is 1.69. The number of hydrogen-bond acceptors (Lipinski definition) is 5. The summed E-state index contributed by atoms with van der Waals surface area (Å²) < 4.78 is 11.3. The van der Waals surface area contributed by atoms with Crippen LogP contribution >= 0.6 is 0 Å². The van der Waals surface area contributed by atoms with Gasteiger partial charge in [-0.25, -0.2) is 0 Å². The van der Waals surface area contributed by atoms with Gasteiger partial charge >= 0.3 is 0 Å². The summed E-state index contributed by atoms with van der Waals surface area (Å²) in [6.45, 7) is 7.34. The van der Waals surface area contributed by atoms with Crippen molar-refractivity contribution in [1.29, 1.82) is 0 Å². The average molecular weight is 433 g/mol. The fourth-order valence-corrected chi connectivity index (χ4v) is 4.03. The van der Waals surface area contributed by atoms with Gasteiger partial charge in [-0.2, -0.15) is 0 Å². The largest absolute Gasteiger partial charge is 0.494 e. The molecule has 0 amide bonds. The molecule has 4 rings (SSSR count). The van der Waals surface area contributed by atoms with Crippen LogP contribution in [0.5, 0.6) is 11.5 Å². The number of hydrogen-bond donors (Lipinski definition) is 1. The lowest BCUT2D eigenvalue weighted by Gasteiger charge is -2.36. The molecule has 5 heteroatoms. The Morgan fingerprint density at radius 1 is 0.750 bits per heavy atom. The van der Waals surface area contributed by atoms with Gasteiger partial charge in [0, 0.05) is 38.4 Å². The second kappa shape index (κ2) is 11.0. The first-order chi connectivity index (χ1) is 15.7. The maximum Gasteiger partial charge on any atom is 0.119 e. The fourth-order valence-electron chi connectivity index (χ4n) is 4.03. The van der Waals surface area contributed by atoms with Crippen molar-refractivity contribution in [2.75, 3.05) is 50.8 Å². The summed E-state index contributed by atoms with van der Waals surface area (Å²) in [6, 6.07) is 26.6. The number of aliphatic hydroxyl groups is 1. The summed E-state index contributed by atoms with van der Waals surface area (Å²) in [5.41, 5.74) is 3.56. The van der Waals surface area contributed by atoms with Crippen LogP contribution in [0, 0.1) is 0 Å². The van der Waals surface area contributed by atoms with E-state index in [1.165, 1.54) is 11.3 Å². The Kier molecular flexibility index (Phi) is 7.64. The van der Waals surface area contributed by atoms with Gasteiger partial charge in [-0.05, 0) is 54.4 Å². The molecule has 0 bridgehead atoms. The van der Waals surface area contributed by atoms with Crippen molar-refractivity contribution >= 4 is 5.69 Å². The minimum Gasteiger partial charge on any atom is -0.494 e. The number of anilines is 1. The molecule has 32 heavy (non-hydrogen) atoms. The van der Waals surface area contributed by atoms with E-state index in [9.17, 15) is 5.11 Å². The number of β-amino-alcohol motifs (C(OH)–C–C–N with tert-alkyl or cyclic N) is 1. The molecule has 0 saturated carbocycles. The topological polar surface area (TPSA) is 45.2 Å². The summed E-state index contributed by atoms with van der Waals surface area (Å²) in [5, 5.41) is 10.5. The van der Waals surface area contributed by atoms with Crippen LogP contribution in [-0.2, 0) is 0 Å². The summed E-state index contributed by atoms with van der Waals surface area (Å²) >= 11 is 0.